The smallest absolute Gasteiger partial charge is 0.138 e. The minimum atomic E-state index is -1.08. The lowest BCUT2D eigenvalue weighted by atomic mass is 10.1. The summed E-state index contributed by atoms with van der Waals surface area (Å²) in [5.74, 6) is 0. The fourth-order valence-corrected chi connectivity index (χ4v) is 1.87. The van der Waals surface area contributed by atoms with Gasteiger partial charge < -0.3 is 14.2 Å². The van der Waals surface area contributed by atoms with Gasteiger partial charge in [0.1, 0.15) is 6.17 Å². The molecule has 1 aliphatic heterocycles. The van der Waals surface area contributed by atoms with Crippen LogP contribution in [0.3, 0.4) is 0 Å². The van der Waals surface area contributed by atoms with Crippen LogP contribution in [0.4, 0.5) is 4.39 Å². The van der Waals surface area contributed by atoms with Gasteiger partial charge >= 0.3 is 0 Å². The Balaban J connectivity index is 2.07. The predicted molar refractivity (Wildman–Crippen MR) is 56.0 cm³/mol. The zero-order valence-corrected chi connectivity index (χ0v) is 9.30. The summed E-state index contributed by atoms with van der Waals surface area (Å²) in [7, 11) is 0. The summed E-state index contributed by atoms with van der Waals surface area (Å²) in [5.41, 5.74) is 0. The molecule has 0 spiro atoms. The van der Waals surface area contributed by atoms with E-state index in [9.17, 15) is 9.50 Å². The molecule has 1 saturated heterocycles. The standard InChI is InChI=1S/C9H18FNO2S/c1-14-13-6-2-4-11-5-3-9(12)8(10)7-11/h8-9,12H,2-7H2,1H3/t8-,9+/m1/s1. The Hall–Kier alpha value is 0.160. The predicted octanol–water partition coefficient (Wildman–Crippen LogP) is 1.08. The fraction of sp³-hybridized carbons (Fsp3) is 1.00. The van der Waals surface area contributed by atoms with Crippen LogP contribution >= 0.6 is 12.0 Å². The third kappa shape index (κ3) is 4.13. The molecule has 1 N–H and O–H groups in total. The van der Waals surface area contributed by atoms with Crippen molar-refractivity contribution in [3.63, 3.8) is 0 Å². The Morgan fingerprint density at radius 3 is 3.07 bits per heavy atom. The Morgan fingerprint density at radius 2 is 2.43 bits per heavy atom. The maximum absolute atomic E-state index is 13.1. The lowest BCUT2D eigenvalue weighted by Crippen LogP contribution is -2.44. The van der Waals surface area contributed by atoms with E-state index in [0.29, 0.717) is 19.6 Å². The maximum atomic E-state index is 13.1. The first kappa shape index (κ1) is 12.2. The van der Waals surface area contributed by atoms with Gasteiger partial charge in [0.2, 0.25) is 0 Å². The quantitative estimate of drug-likeness (QED) is 0.558. The van der Waals surface area contributed by atoms with Crippen LogP contribution in [-0.2, 0) is 4.18 Å². The van der Waals surface area contributed by atoms with Crippen LogP contribution in [0.1, 0.15) is 12.8 Å². The minimum absolute atomic E-state index is 0.362. The van der Waals surface area contributed by atoms with E-state index in [-0.39, 0.29) is 0 Å². The van der Waals surface area contributed by atoms with Crippen molar-refractivity contribution in [3.05, 3.63) is 0 Å². The number of rotatable bonds is 5. The second-order valence-electron chi connectivity index (χ2n) is 3.51. The average Bonchev–Trinajstić information content (AvgIpc) is 2.18. The Labute approximate surface area is 88.8 Å². The highest BCUT2D eigenvalue weighted by Gasteiger charge is 2.26. The molecule has 0 saturated carbocycles. The van der Waals surface area contributed by atoms with E-state index in [0.717, 1.165) is 19.5 Å². The Kier molecular flexibility index (Phi) is 5.77. The molecule has 5 heteroatoms. The largest absolute Gasteiger partial charge is 0.390 e. The summed E-state index contributed by atoms with van der Waals surface area (Å²) in [5, 5.41) is 9.18. The van der Waals surface area contributed by atoms with Gasteiger partial charge in [0, 0.05) is 25.9 Å². The SMILES string of the molecule is CSOCCCN1CC[C@H](O)[C@H](F)C1. The number of hydrogen-bond acceptors (Lipinski definition) is 4. The molecule has 84 valence electrons. The molecule has 1 heterocycles. The monoisotopic (exact) mass is 223 g/mol. The van der Waals surface area contributed by atoms with Crippen molar-refractivity contribution in [3.8, 4) is 0 Å². The van der Waals surface area contributed by atoms with Crippen LogP contribution in [0.25, 0.3) is 0 Å². The highest BCUT2D eigenvalue weighted by molar-refractivity contribution is 7.93. The lowest BCUT2D eigenvalue weighted by molar-refractivity contribution is 0.00558. The normalized spacial score (nSPS) is 29.4. The van der Waals surface area contributed by atoms with Gasteiger partial charge in [-0.3, -0.25) is 0 Å². The summed E-state index contributed by atoms with van der Waals surface area (Å²) in [4.78, 5) is 2.04. The molecular weight excluding hydrogens is 205 g/mol. The molecule has 2 atom stereocenters. The fourth-order valence-electron chi connectivity index (χ4n) is 1.59. The molecule has 1 fully saturated rings. The van der Waals surface area contributed by atoms with Gasteiger partial charge in [-0.2, -0.15) is 0 Å². The number of halogens is 1. The van der Waals surface area contributed by atoms with Crippen LogP contribution < -0.4 is 0 Å². The molecule has 0 aromatic carbocycles. The van der Waals surface area contributed by atoms with Crippen LogP contribution in [0.15, 0.2) is 0 Å². The molecule has 1 rings (SSSR count). The van der Waals surface area contributed by atoms with Crippen molar-refractivity contribution in [2.24, 2.45) is 0 Å². The third-order valence-electron chi connectivity index (χ3n) is 2.41. The second kappa shape index (κ2) is 6.61. The summed E-state index contributed by atoms with van der Waals surface area (Å²) >= 11 is 1.36. The highest BCUT2D eigenvalue weighted by Crippen LogP contribution is 2.14. The van der Waals surface area contributed by atoms with Crippen molar-refractivity contribution < 1.29 is 13.7 Å². The van der Waals surface area contributed by atoms with Gasteiger partial charge in [-0.25, -0.2) is 4.39 Å². The minimum Gasteiger partial charge on any atom is -0.390 e. The van der Waals surface area contributed by atoms with E-state index in [4.69, 9.17) is 4.18 Å². The molecule has 0 amide bonds. The molecule has 0 radical (unpaired) electrons. The maximum Gasteiger partial charge on any atom is 0.138 e. The first-order valence-electron chi connectivity index (χ1n) is 4.94. The molecule has 0 bridgehead atoms. The van der Waals surface area contributed by atoms with Crippen LogP contribution in [0.2, 0.25) is 0 Å². The van der Waals surface area contributed by atoms with Crippen molar-refractivity contribution >= 4 is 12.0 Å². The van der Waals surface area contributed by atoms with E-state index in [1.165, 1.54) is 12.0 Å². The third-order valence-corrected chi connectivity index (χ3v) is 2.81. The van der Waals surface area contributed by atoms with Gasteiger partial charge in [0.15, 0.2) is 0 Å². The number of aliphatic hydroxyl groups is 1. The van der Waals surface area contributed by atoms with Crippen LogP contribution in [-0.4, -0.2) is 54.8 Å². The number of alkyl halides is 1. The number of nitrogens with zero attached hydrogens (tertiary/aromatic N) is 1. The first-order chi connectivity index (χ1) is 6.74. The Morgan fingerprint density at radius 1 is 1.64 bits per heavy atom. The first-order valence-corrected chi connectivity index (χ1v) is 6.09. The molecule has 1 aliphatic rings. The van der Waals surface area contributed by atoms with Crippen LogP contribution in [0.5, 0.6) is 0 Å². The lowest BCUT2D eigenvalue weighted by Gasteiger charge is -2.31. The van der Waals surface area contributed by atoms with E-state index >= 15 is 0 Å². The summed E-state index contributed by atoms with van der Waals surface area (Å²) in [6.07, 6.45) is 1.52. The number of aliphatic hydroxyl groups excluding tert-OH is 1. The number of piperidine rings is 1. The molecule has 0 aromatic heterocycles. The van der Waals surface area contributed by atoms with Crippen molar-refractivity contribution in [2.45, 2.75) is 25.1 Å². The summed E-state index contributed by atoms with van der Waals surface area (Å²) in [6.45, 7) is 2.71. The van der Waals surface area contributed by atoms with Gasteiger partial charge in [-0.05, 0) is 24.9 Å². The van der Waals surface area contributed by atoms with Crippen molar-refractivity contribution in [2.75, 3.05) is 32.5 Å². The average molecular weight is 223 g/mol. The number of likely N-dealkylation sites (tertiary alicyclic amines) is 1. The van der Waals surface area contributed by atoms with Crippen LogP contribution in [0, 0.1) is 0 Å². The molecule has 14 heavy (non-hydrogen) atoms. The van der Waals surface area contributed by atoms with Gasteiger partial charge in [-0.1, -0.05) is 0 Å². The van der Waals surface area contributed by atoms with Crippen molar-refractivity contribution in [1.82, 2.24) is 4.90 Å². The van der Waals surface area contributed by atoms with Gasteiger partial charge in [0.25, 0.3) is 0 Å². The Bertz CT molecular complexity index is 162. The van der Waals surface area contributed by atoms with E-state index < -0.39 is 12.3 Å². The zero-order valence-electron chi connectivity index (χ0n) is 8.49. The molecule has 3 nitrogen and oxygen atoms in total. The molecule has 0 unspecified atom stereocenters. The second-order valence-corrected chi connectivity index (χ2v) is 4.08. The van der Waals surface area contributed by atoms with E-state index in [1.54, 1.807) is 0 Å². The number of hydrogen-bond donors (Lipinski definition) is 1. The topological polar surface area (TPSA) is 32.7 Å². The molecule has 0 aromatic rings. The van der Waals surface area contributed by atoms with Crippen molar-refractivity contribution in [1.29, 1.82) is 0 Å². The summed E-state index contributed by atoms with van der Waals surface area (Å²) < 4.78 is 18.2. The van der Waals surface area contributed by atoms with Gasteiger partial charge in [-0.15, -0.1) is 0 Å². The zero-order chi connectivity index (χ0) is 10.4. The van der Waals surface area contributed by atoms with E-state index in [1.807, 2.05) is 11.2 Å². The van der Waals surface area contributed by atoms with Gasteiger partial charge in [0.05, 0.1) is 12.7 Å². The summed E-state index contributed by atoms with van der Waals surface area (Å²) in [6, 6.07) is 0. The molecule has 0 aliphatic carbocycles. The van der Waals surface area contributed by atoms with E-state index in [2.05, 4.69) is 0 Å². The molecular formula is C9H18FNO2S. The highest BCUT2D eigenvalue weighted by atomic mass is 32.2.